The molecular formula is C16H30. The van der Waals surface area contributed by atoms with Crippen LogP contribution in [0.5, 0.6) is 0 Å². The van der Waals surface area contributed by atoms with Crippen molar-refractivity contribution in [3.8, 4) is 0 Å². The highest BCUT2D eigenvalue weighted by Crippen LogP contribution is 2.35. The largest absolute Gasteiger partial charge is 0.0850 e. The summed E-state index contributed by atoms with van der Waals surface area (Å²) < 4.78 is 0. The van der Waals surface area contributed by atoms with E-state index in [-0.39, 0.29) is 0 Å². The zero-order valence-corrected chi connectivity index (χ0v) is 11.8. The number of allylic oxidation sites excluding steroid dienone is 2. The fraction of sp³-hybridized carbons (Fsp3) is 0.875. The monoisotopic (exact) mass is 222 g/mol. The lowest BCUT2D eigenvalue weighted by Crippen LogP contribution is -2.08. The number of rotatable bonds is 7. The van der Waals surface area contributed by atoms with Gasteiger partial charge in [0.05, 0.1) is 0 Å². The molecule has 0 aromatic heterocycles. The Morgan fingerprint density at radius 1 is 1.25 bits per heavy atom. The van der Waals surface area contributed by atoms with Gasteiger partial charge in [0.15, 0.2) is 0 Å². The molecule has 0 bridgehead atoms. The predicted molar refractivity (Wildman–Crippen MR) is 73.6 cm³/mol. The third-order valence-corrected chi connectivity index (χ3v) is 4.44. The van der Waals surface area contributed by atoms with Crippen molar-refractivity contribution < 1.29 is 0 Å². The van der Waals surface area contributed by atoms with Crippen LogP contribution in [0.3, 0.4) is 0 Å². The van der Waals surface area contributed by atoms with Crippen molar-refractivity contribution in [1.82, 2.24) is 0 Å². The lowest BCUT2D eigenvalue weighted by molar-refractivity contribution is 0.347. The Labute approximate surface area is 103 Å². The Balaban J connectivity index is 2.23. The van der Waals surface area contributed by atoms with Crippen molar-refractivity contribution >= 4 is 0 Å². The third-order valence-electron chi connectivity index (χ3n) is 4.44. The first-order valence-electron chi connectivity index (χ1n) is 7.35. The lowest BCUT2D eigenvalue weighted by atomic mass is 9.87. The lowest BCUT2D eigenvalue weighted by Gasteiger charge is -2.19. The molecular weight excluding hydrogens is 192 g/mol. The van der Waals surface area contributed by atoms with Crippen LogP contribution >= 0.6 is 0 Å². The van der Waals surface area contributed by atoms with Crippen molar-refractivity contribution in [2.24, 2.45) is 17.8 Å². The van der Waals surface area contributed by atoms with Crippen molar-refractivity contribution in [3.63, 3.8) is 0 Å². The molecule has 1 aliphatic rings. The molecule has 0 amide bonds. The summed E-state index contributed by atoms with van der Waals surface area (Å²) in [7, 11) is 0. The molecule has 0 heterocycles. The van der Waals surface area contributed by atoms with Gasteiger partial charge < -0.3 is 0 Å². The molecule has 3 atom stereocenters. The van der Waals surface area contributed by atoms with Gasteiger partial charge in [0.25, 0.3) is 0 Å². The topological polar surface area (TPSA) is 0 Å². The van der Waals surface area contributed by atoms with Crippen LogP contribution in [0.2, 0.25) is 0 Å². The normalized spacial score (nSPS) is 24.2. The van der Waals surface area contributed by atoms with Crippen LogP contribution in [-0.2, 0) is 0 Å². The van der Waals surface area contributed by atoms with Crippen LogP contribution in [0.15, 0.2) is 11.6 Å². The first kappa shape index (κ1) is 13.8. The van der Waals surface area contributed by atoms with Crippen molar-refractivity contribution in [2.75, 3.05) is 0 Å². The summed E-state index contributed by atoms with van der Waals surface area (Å²) in [5, 5.41) is 0. The number of hydrogen-bond acceptors (Lipinski definition) is 0. The van der Waals surface area contributed by atoms with E-state index < -0.39 is 0 Å². The van der Waals surface area contributed by atoms with E-state index >= 15 is 0 Å². The van der Waals surface area contributed by atoms with Gasteiger partial charge in [-0.25, -0.2) is 0 Å². The molecule has 0 nitrogen and oxygen atoms in total. The molecule has 1 aliphatic carbocycles. The summed E-state index contributed by atoms with van der Waals surface area (Å²) in [6.45, 7) is 9.44. The summed E-state index contributed by atoms with van der Waals surface area (Å²) in [5.41, 5.74) is 1.76. The third kappa shape index (κ3) is 4.31. The fourth-order valence-corrected chi connectivity index (χ4v) is 2.79. The summed E-state index contributed by atoms with van der Waals surface area (Å²) in [4.78, 5) is 0. The van der Waals surface area contributed by atoms with Crippen LogP contribution in [0.1, 0.15) is 72.6 Å². The van der Waals surface area contributed by atoms with Gasteiger partial charge in [-0.2, -0.15) is 0 Å². The average molecular weight is 222 g/mol. The number of hydrogen-bond donors (Lipinski definition) is 0. The maximum Gasteiger partial charge on any atom is -0.0286 e. The van der Waals surface area contributed by atoms with Gasteiger partial charge in [0.2, 0.25) is 0 Å². The zero-order valence-electron chi connectivity index (χ0n) is 11.8. The molecule has 1 rings (SSSR count). The second-order valence-corrected chi connectivity index (χ2v) is 5.88. The molecule has 0 radical (unpaired) electrons. The van der Waals surface area contributed by atoms with E-state index in [0.717, 1.165) is 17.8 Å². The minimum absolute atomic E-state index is 0.910. The van der Waals surface area contributed by atoms with Gasteiger partial charge in [-0.15, -0.1) is 0 Å². The molecule has 0 aromatic carbocycles. The zero-order chi connectivity index (χ0) is 12.0. The van der Waals surface area contributed by atoms with E-state index in [9.17, 15) is 0 Å². The molecule has 0 saturated heterocycles. The molecule has 16 heavy (non-hydrogen) atoms. The summed E-state index contributed by atoms with van der Waals surface area (Å²) in [5.74, 6) is 2.81. The quantitative estimate of drug-likeness (QED) is 0.493. The van der Waals surface area contributed by atoms with Gasteiger partial charge >= 0.3 is 0 Å². The Morgan fingerprint density at radius 2 is 2.00 bits per heavy atom. The van der Waals surface area contributed by atoms with Crippen LogP contribution in [0.25, 0.3) is 0 Å². The molecule has 0 heteroatoms. The van der Waals surface area contributed by atoms with Gasteiger partial charge in [-0.3, -0.25) is 0 Å². The predicted octanol–water partition coefficient (Wildman–Crippen LogP) is 5.59. The van der Waals surface area contributed by atoms with E-state index in [2.05, 4.69) is 33.8 Å². The Morgan fingerprint density at radius 3 is 2.62 bits per heavy atom. The smallest absolute Gasteiger partial charge is 0.0286 e. The Hall–Kier alpha value is -0.260. The fourth-order valence-electron chi connectivity index (χ4n) is 2.79. The van der Waals surface area contributed by atoms with E-state index in [0.29, 0.717) is 0 Å². The molecule has 0 saturated carbocycles. The van der Waals surface area contributed by atoms with E-state index in [1.54, 1.807) is 5.57 Å². The summed E-state index contributed by atoms with van der Waals surface area (Å²) in [6.07, 6.45) is 12.2. The SMILES string of the molecule is CCCC(C)C1CC=C(CC[C@H](C)CC)C1. The minimum Gasteiger partial charge on any atom is -0.0850 e. The minimum atomic E-state index is 0.910. The van der Waals surface area contributed by atoms with E-state index in [1.165, 1.54) is 44.9 Å². The van der Waals surface area contributed by atoms with Crippen LogP contribution in [-0.4, -0.2) is 0 Å². The highest BCUT2D eigenvalue weighted by molar-refractivity contribution is 5.10. The van der Waals surface area contributed by atoms with Gasteiger partial charge in [0.1, 0.15) is 0 Å². The molecule has 94 valence electrons. The summed E-state index contributed by atoms with van der Waals surface area (Å²) in [6, 6.07) is 0. The molecule has 0 fully saturated rings. The van der Waals surface area contributed by atoms with Crippen molar-refractivity contribution in [3.05, 3.63) is 11.6 Å². The van der Waals surface area contributed by atoms with Crippen molar-refractivity contribution in [2.45, 2.75) is 72.6 Å². The van der Waals surface area contributed by atoms with E-state index in [1.807, 2.05) is 0 Å². The first-order valence-corrected chi connectivity index (χ1v) is 7.35. The molecule has 0 aliphatic heterocycles. The first-order chi connectivity index (χ1) is 7.67. The Bertz CT molecular complexity index is 214. The highest BCUT2D eigenvalue weighted by Gasteiger charge is 2.21. The maximum absolute atomic E-state index is 2.54. The van der Waals surface area contributed by atoms with Gasteiger partial charge in [-0.05, 0) is 43.4 Å². The average Bonchev–Trinajstić information content (AvgIpc) is 2.75. The molecule has 0 spiro atoms. The second kappa shape index (κ2) is 7.14. The van der Waals surface area contributed by atoms with Crippen LogP contribution in [0.4, 0.5) is 0 Å². The highest BCUT2D eigenvalue weighted by atomic mass is 14.3. The van der Waals surface area contributed by atoms with Gasteiger partial charge in [-0.1, -0.05) is 58.6 Å². The molecule has 0 aromatic rings. The maximum atomic E-state index is 2.54. The van der Waals surface area contributed by atoms with E-state index in [4.69, 9.17) is 0 Å². The second-order valence-electron chi connectivity index (χ2n) is 5.88. The van der Waals surface area contributed by atoms with Gasteiger partial charge in [0, 0.05) is 0 Å². The molecule has 0 N–H and O–H groups in total. The summed E-state index contributed by atoms with van der Waals surface area (Å²) >= 11 is 0. The standard InChI is InChI=1S/C16H30/c1-5-7-14(4)16-11-10-15(12-16)9-8-13(3)6-2/h10,13-14,16H,5-9,11-12H2,1-4H3/t13-,14?,16?/m1/s1. The molecule has 2 unspecified atom stereocenters. The van der Waals surface area contributed by atoms with Crippen molar-refractivity contribution in [1.29, 1.82) is 0 Å². The Kier molecular flexibility index (Phi) is 6.16. The van der Waals surface area contributed by atoms with Crippen LogP contribution in [0, 0.1) is 17.8 Å². The van der Waals surface area contributed by atoms with Crippen LogP contribution < -0.4 is 0 Å².